The fraction of sp³-hybridized carbons (Fsp3) is 0.0189. The van der Waals surface area contributed by atoms with Gasteiger partial charge in [0, 0.05) is 33.0 Å². The van der Waals surface area contributed by atoms with Gasteiger partial charge in [-0.3, -0.25) is 0 Å². The molecule has 0 spiro atoms. The average molecular weight is 715 g/mol. The van der Waals surface area contributed by atoms with E-state index in [2.05, 4.69) is 176 Å². The quantitative estimate of drug-likeness (QED) is 0.172. The summed E-state index contributed by atoms with van der Waals surface area (Å²) in [4.78, 5) is 10.5. The van der Waals surface area contributed by atoms with Gasteiger partial charge in [-0.15, -0.1) is 0 Å². The molecule has 0 atom stereocenters. The van der Waals surface area contributed by atoms with Gasteiger partial charge in [-0.2, -0.15) is 0 Å². The summed E-state index contributed by atoms with van der Waals surface area (Å²) < 4.78 is 6.52. The van der Waals surface area contributed by atoms with Crippen LogP contribution >= 0.6 is 0 Å². The predicted molar refractivity (Wildman–Crippen MR) is 228 cm³/mol. The SMILES string of the molecule is c1ccc(-c2nc(-c3ccc(C4(c5ccccc5)c5ccccc5-c5ccccc54)cc3)cc(-c3ccccc3-c3cccc4c3oc3ccccc34)n2)cc1. The average Bonchev–Trinajstić information content (AvgIpc) is 3.81. The number of benzene rings is 8. The van der Waals surface area contributed by atoms with E-state index in [0.717, 1.165) is 61.1 Å². The Bertz CT molecular complexity index is 3030. The molecule has 0 radical (unpaired) electrons. The van der Waals surface area contributed by atoms with Crippen LogP contribution in [0, 0.1) is 0 Å². The highest BCUT2D eigenvalue weighted by atomic mass is 16.3. The maximum atomic E-state index is 6.52. The second kappa shape index (κ2) is 12.9. The predicted octanol–water partition coefficient (Wildman–Crippen LogP) is 13.4. The van der Waals surface area contributed by atoms with Gasteiger partial charge < -0.3 is 4.42 Å². The summed E-state index contributed by atoms with van der Waals surface area (Å²) >= 11 is 0. The number of hydrogen-bond donors (Lipinski definition) is 0. The van der Waals surface area contributed by atoms with E-state index in [0.29, 0.717) is 5.82 Å². The van der Waals surface area contributed by atoms with Gasteiger partial charge in [0.15, 0.2) is 5.82 Å². The lowest BCUT2D eigenvalue weighted by Crippen LogP contribution is -2.28. The van der Waals surface area contributed by atoms with E-state index in [-0.39, 0.29) is 0 Å². The molecule has 1 aliphatic rings. The largest absolute Gasteiger partial charge is 0.455 e. The van der Waals surface area contributed by atoms with Crippen LogP contribution in [0.2, 0.25) is 0 Å². The highest BCUT2D eigenvalue weighted by Gasteiger charge is 2.45. The van der Waals surface area contributed by atoms with Gasteiger partial charge in [0.05, 0.1) is 16.8 Å². The molecule has 0 unspecified atom stereocenters. The van der Waals surface area contributed by atoms with E-state index in [9.17, 15) is 0 Å². The molecule has 10 aromatic rings. The van der Waals surface area contributed by atoms with Gasteiger partial charge in [0.2, 0.25) is 0 Å². The highest BCUT2D eigenvalue weighted by molar-refractivity contribution is 6.10. The van der Waals surface area contributed by atoms with Crippen molar-refractivity contribution in [3.8, 4) is 56.2 Å². The van der Waals surface area contributed by atoms with E-state index in [1.54, 1.807) is 0 Å². The molecule has 0 amide bonds. The molecule has 2 aromatic heterocycles. The van der Waals surface area contributed by atoms with Gasteiger partial charge in [0.1, 0.15) is 11.2 Å². The number of fused-ring (bicyclic) bond motifs is 6. The Labute approximate surface area is 325 Å². The minimum absolute atomic E-state index is 0.463. The van der Waals surface area contributed by atoms with Gasteiger partial charge in [-0.1, -0.05) is 194 Å². The van der Waals surface area contributed by atoms with Crippen molar-refractivity contribution in [3.63, 3.8) is 0 Å². The molecule has 262 valence electrons. The lowest BCUT2D eigenvalue weighted by molar-refractivity contribution is 0.670. The van der Waals surface area contributed by atoms with Crippen LogP contribution in [-0.2, 0) is 5.41 Å². The van der Waals surface area contributed by atoms with Crippen molar-refractivity contribution in [3.05, 3.63) is 229 Å². The lowest BCUT2D eigenvalue weighted by atomic mass is 9.67. The first-order valence-electron chi connectivity index (χ1n) is 19.1. The third-order valence-electron chi connectivity index (χ3n) is 11.4. The Kier molecular flexibility index (Phi) is 7.39. The molecule has 0 aliphatic heterocycles. The second-order valence-electron chi connectivity index (χ2n) is 14.4. The fourth-order valence-electron chi connectivity index (χ4n) is 8.95. The first-order chi connectivity index (χ1) is 27.8. The van der Waals surface area contributed by atoms with Crippen molar-refractivity contribution in [1.29, 1.82) is 0 Å². The third kappa shape index (κ3) is 4.91. The standard InChI is InChI=1S/C53H34N2O/c1-3-16-36(17-4-1)52-54-48(34-49(55-52)42-23-8-7-20-39(42)44-25-15-26-45-43-24-11-14-29-50(43)56-51(44)45)35-30-32-38(33-31-35)53(37-18-5-2-6-19-37)46-27-12-9-21-40(46)41-22-10-13-28-47(41)53/h1-34H. The zero-order valence-electron chi connectivity index (χ0n) is 30.4. The normalized spacial score (nSPS) is 12.8. The summed E-state index contributed by atoms with van der Waals surface area (Å²) in [6.45, 7) is 0. The Morgan fingerprint density at radius 3 is 1.62 bits per heavy atom. The summed E-state index contributed by atoms with van der Waals surface area (Å²) in [5, 5.41) is 2.21. The number of nitrogens with zero attached hydrogens (tertiary/aromatic N) is 2. The van der Waals surface area contributed by atoms with Crippen molar-refractivity contribution < 1.29 is 4.42 Å². The van der Waals surface area contributed by atoms with E-state index < -0.39 is 5.41 Å². The number of para-hydroxylation sites is 2. The highest BCUT2D eigenvalue weighted by Crippen LogP contribution is 2.56. The van der Waals surface area contributed by atoms with Crippen molar-refractivity contribution in [2.24, 2.45) is 0 Å². The number of hydrogen-bond acceptors (Lipinski definition) is 3. The first kappa shape index (κ1) is 32.1. The Balaban J connectivity index is 1.09. The van der Waals surface area contributed by atoms with Crippen LogP contribution in [0.25, 0.3) is 78.1 Å². The van der Waals surface area contributed by atoms with E-state index in [1.807, 2.05) is 30.3 Å². The van der Waals surface area contributed by atoms with Crippen LogP contribution in [0.3, 0.4) is 0 Å². The summed E-state index contributed by atoms with van der Waals surface area (Å²) in [7, 11) is 0. The van der Waals surface area contributed by atoms with Crippen molar-refractivity contribution in [1.82, 2.24) is 9.97 Å². The summed E-state index contributed by atoms with van der Waals surface area (Å²) in [6, 6.07) is 73.2. The molecule has 1 aliphatic carbocycles. The molecule has 2 heterocycles. The van der Waals surface area contributed by atoms with Crippen LogP contribution in [0.5, 0.6) is 0 Å². The second-order valence-corrected chi connectivity index (χ2v) is 14.4. The molecule has 0 N–H and O–H groups in total. The van der Waals surface area contributed by atoms with Crippen molar-refractivity contribution in [2.75, 3.05) is 0 Å². The molecule has 11 rings (SSSR count). The molecule has 0 fully saturated rings. The molecule has 0 saturated carbocycles. The molecule has 3 heteroatoms. The third-order valence-corrected chi connectivity index (χ3v) is 11.4. The maximum Gasteiger partial charge on any atom is 0.160 e. The zero-order valence-corrected chi connectivity index (χ0v) is 30.4. The first-order valence-corrected chi connectivity index (χ1v) is 19.1. The van der Waals surface area contributed by atoms with Crippen molar-refractivity contribution in [2.45, 2.75) is 5.41 Å². The fourth-order valence-corrected chi connectivity index (χ4v) is 8.95. The van der Waals surface area contributed by atoms with Crippen LogP contribution in [0.1, 0.15) is 22.3 Å². The Morgan fingerprint density at radius 1 is 0.357 bits per heavy atom. The minimum Gasteiger partial charge on any atom is -0.455 e. The lowest BCUT2D eigenvalue weighted by Gasteiger charge is -2.34. The molecular weight excluding hydrogens is 681 g/mol. The zero-order chi connectivity index (χ0) is 37.1. The maximum absolute atomic E-state index is 6.52. The topological polar surface area (TPSA) is 38.9 Å². The molecular formula is C53H34N2O. The number of rotatable bonds is 6. The molecule has 0 saturated heterocycles. The van der Waals surface area contributed by atoms with Crippen molar-refractivity contribution >= 4 is 21.9 Å². The van der Waals surface area contributed by atoms with Crippen LogP contribution in [0.15, 0.2) is 211 Å². The summed E-state index contributed by atoms with van der Waals surface area (Å²) in [5.41, 5.74) is 15.7. The number of furan rings is 1. The van der Waals surface area contributed by atoms with Gasteiger partial charge in [-0.05, 0) is 51.1 Å². The monoisotopic (exact) mass is 714 g/mol. The van der Waals surface area contributed by atoms with Crippen LogP contribution in [0.4, 0.5) is 0 Å². The van der Waals surface area contributed by atoms with E-state index >= 15 is 0 Å². The Hall–Kier alpha value is -7.36. The van der Waals surface area contributed by atoms with E-state index in [1.165, 1.54) is 33.4 Å². The van der Waals surface area contributed by atoms with Gasteiger partial charge in [-0.25, -0.2) is 9.97 Å². The van der Waals surface area contributed by atoms with E-state index in [4.69, 9.17) is 14.4 Å². The summed E-state index contributed by atoms with van der Waals surface area (Å²) in [6.07, 6.45) is 0. The molecule has 56 heavy (non-hydrogen) atoms. The van der Waals surface area contributed by atoms with Crippen LogP contribution in [-0.4, -0.2) is 9.97 Å². The summed E-state index contributed by atoms with van der Waals surface area (Å²) in [5.74, 6) is 0.679. The van der Waals surface area contributed by atoms with Gasteiger partial charge in [0.25, 0.3) is 0 Å². The Morgan fingerprint density at radius 2 is 0.893 bits per heavy atom. The molecule has 0 bridgehead atoms. The minimum atomic E-state index is -0.463. The smallest absolute Gasteiger partial charge is 0.160 e. The van der Waals surface area contributed by atoms with Crippen LogP contribution < -0.4 is 0 Å². The van der Waals surface area contributed by atoms with Gasteiger partial charge >= 0.3 is 0 Å². The molecule has 3 nitrogen and oxygen atoms in total. The molecule has 8 aromatic carbocycles. The number of aromatic nitrogens is 2.